The normalized spacial score (nSPS) is 11.1. The van der Waals surface area contributed by atoms with E-state index in [2.05, 4.69) is 4.98 Å². The Morgan fingerprint density at radius 2 is 1.40 bits per heavy atom. The van der Waals surface area contributed by atoms with Crippen LogP contribution in [0.5, 0.6) is 11.5 Å². The van der Waals surface area contributed by atoms with Gasteiger partial charge in [0.05, 0.1) is 16.0 Å². The van der Waals surface area contributed by atoms with E-state index < -0.39 is 4.92 Å². The largest absolute Gasteiger partial charge is 0.457 e. The summed E-state index contributed by atoms with van der Waals surface area (Å²) >= 11 is 0. The minimum Gasteiger partial charge on any atom is -0.457 e. The zero-order valence-electron chi connectivity index (χ0n) is 18.3. The van der Waals surface area contributed by atoms with Crippen molar-refractivity contribution in [3.63, 3.8) is 0 Å². The standard InChI is InChI=1S/C27H17N5O3/c33-32(34)20-8-6-7-18(17-20)26-30-25-27(29-24-12-5-4-11-23(24)28-25)31(26)19-13-15-22(16-14-19)35-21-9-2-1-3-10-21/h1-17H. The number of fused-ring (bicyclic) bond motifs is 2. The Bertz CT molecular complexity index is 1700. The number of para-hydroxylation sites is 3. The SMILES string of the molecule is O=[N+]([O-])c1cccc(-c2nc3nc4ccccc4nc3n2-c2ccc(Oc3ccccc3)cc2)c1. The van der Waals surface area contributed by atoms with Crippen molar-refractivity contribution in [3.05, 3.63) is 113 Å². The molecule has 35 heavy (non-hydrogen) atoms. The zero-order chi connectivity index (χ0) is 23.8. The topological polar surface area (TPSA) is 96.0 Å². The fourth-order valence-corrected chi connectivity index (χ4v) is 3.94. The lowest BCUT2D eigenvalue weighted by molar-refractivity contribution is -0.384. The Labute approximate surface area is 199 Å². The highest BCUT2D eigenvalue weighted by atomic mass is 16.6. The fraction of sp³-hybridized carbons (Fsp3) is 0. The van der Waals surface area contributed by atoms with Crippen LogP contribution in [0.15, 0.2) is 103 Å². The van der Waals surface area contributed by atoms with Gasteiger partial charge >= 0.3 is 0 Å². The molecule has 0 saturated heterocycles. The number of ether oxygens (including phenoxy) is 1. The summed E-state index contributed by atoms with van der Waals surface area (Å²) in [5.74, 6) is 1.93. The molecule has 8 heteroatoms. The molecule has 0 unspecified atom stereocenters. The molecular weight excluding hydrogens is 442 g/mol. The summed E-state index contributed by atoms with van der Waals surface area (Å²) in [5, 5.41) is 11.4. The Balaban J connectivity index is 1.52. The number of rotatable bonds is 5. The fourth-order valence-electron chi connectivity index (χ4n) is 3.94. The van der Waals surface area contributed by atoms with E-state index in [1.165, 1.54) is 12.1 Å². The quantitative estimate of drug-likeness (QED) is 0.221. The first-order valence-electron chi connectivity index (χ1n) is 10.9. The van der Waals surface area contributed by atoms with E-state index >= 15 is 0 Å². The first kappa shape index (κ1) is 20.5. The van der Waals surface area contributed by atoms with Crippen LogP contribution in [0.1, 0.15) is 0 Å². The highest BCUT2D eigenvalue weighted by Crippen LogP contribution is 2.31. The summed E-state index contributed by atoms with van der Waals surface area (Å²) < 4.78 is 7.79. The molecule has 2 heterocycles. The van der Waals surface area contributed by atoms with Gasteiger partial charge in [0.25, 0.3) is 5.69 Å². The van der Waals surface area contributed by atoms with Crippen LogP contribution in [0.4, 0.5) is 5.69 Å². The Morgan fingerprint density at radius 1 is 0.714 bits per heavy atom. The van der Waals surface area contributed by atoms with E-state index in [4.69, 9.17) is 14.7 Å². The average molecular weight is 459 g/mol. The van der Waals surface area contributed by atoms with Crippen molar-refractivity contribution in [1.29, 1.82) is 0 Å². The molecule has 0 spiro atoms. The predicted molar refractivity (Wildman–Crippen MR) is 133 cm³/mol. The van der Waals surface area contributed by atoms with E-state index in [0.717, 1.165) is 22.5 Å². The van der Waals surface area contributed by atoms with E-state index in [-0.39, 0.29) is 5.69 Å². The summed E-state index contributed by atoms with van der Waals surface area (Å²) in [4.78, 5) is 25.2. The Hall–Kier alpha value is -5.11. The molecule has 0 amide bonds. The van der Waals surface area contributed by atoms with Crippen molar-refractivity contribution in [2.45, 2.75) is 0 Å². The molecule has 0 aliphatic rings. The maximum Gasteiger partial charge on any atom is 0.270 e. The molecule has 8 nitrogen and oxygen atoms in total. The molecule has 6 rings (SSSR count). The minimum atomic E-state index is -0.420. The van der Waals surface area contributed by atoms with Crippen LogP contribution in [0.25, 0.3) is 39.4 Å². The van der Waals surface area contributed by atoms with Gasteiger partial charge in [-0.05, 0) is 48.5 Å². The van der Waals surface area contributed by atoms with Crippen LogP contribution < -0.4 is 4.74 Å². The van der Waals surface area contributed by atoms with Gasteiger partial charge in [-0.3, -0.25) is 14.7 Å². The van der Waals surface area contributed by atoms with E-state index in [0.29, 0.717) is 28.4 Å². The molecule has 4 aromatic carbocycles. The summed E-state index contributed by atoms with van der Waals surface area (Å²) in [5.41, 5.74) is 3.82. The number of aromatic nitrogens is 4. The van der Waals surface area contributed by atoms with Gasteiger partial charge < -0.3 is 4.74 Å². The number of nitrogens with zero attached hydrogens (tertiary/aromatic N) is 5. The highest BCUT2D eigenvalue weighted by molar-refractivity contribution is 5.86. The van der Waals surface area contributed by atoms with E-state index in [9.17, 15) is 10.1 Å². The number of non-ortho nitro benzene ring substituents is 1. The van der Waals surface area contributed by atoms with Crippen molar-refractivity contribution in [2.75, 3.05) is 0 Å². The summed E-state index contributed by atoms with van der Waals surface area (Å²) in [6, 6.07) is 31.0. The van der Waals surface area contributed by atoms with Crippen molar-refractivity contribution in [1.82, 2.24) is 19.5 Å². The molecule has 0 aliphatic heterocycles. The Morgan fingerprint density at radius 3 is 2.14 bits per heavy atom. The second-order valence-electron chi connectivity index (χ2n) is 7.85. The van der Waals surface area contributed by atoms with Crippen LogP contribution >= 0.6 is 0 Å². The van der Waals surface area contributed by atoms with Gasteiger partial charge in [-0.1, -0.05) is 42.5 Å². The molecule has 6 aromatic rings. The van der Waals surface area contributed by atoms with Crippen LogP contribution in [0, 0.1) is 10.1 Å². The monoisotopic (exact) mass is 459 g/mol. The first-order valence-corrected chi connectivity index (χ1v) is 10.9. The van der Waals surface area contributed by atoms with Crippen molar-refractivity contribution >= 4 is 28.0 Å². The molecule has 0 atom stereocenters. The molecule has 0 bridgehead atoms. The van der Waals surface area contributed by atoms with E-state index in [1.807, 2.05) is 83.4 Å². The number of hydrogen-bond acceptors (Lipinski definition) is 6. The number of benzene rings is 4. The Kier molecular flexibility index (Phi) is 4.89. The van der Waals surface area contributed by atoms with Crippen molar-refractivity contribution in [3.8, 4) is 28.6 Å². The second-order valence-corrected chi connectivity index (χ2v) is 7.85. The van der Waals surface area contributed by atoms with Crippen molar-refractivity contribution < 1.29 is 9.66 Å². The third-order valence-corrected chi connectivity index (χ3v) is 5.56. The van der Waals surface area contributed by atoms with Crippen LogP contribution in [-0.2, 0) is 0 Å². The smallest absolute Gasteiger partial charge is 0.270 e. The maximum absolute atomic E-state index is 11.4. The van der Waals surface area contributed by atoms with Crippen LogP contribution in [0.3, 0.4) is 0 Å². The van der Waals surface area contributed by atoms with Crippen molar-refractivity contribution in [2.24, 2.45) is 0 Å². The third kappa shape index (κ3) is 3.83. The van der Waals surface area contributed by atoms with Gasteiger partial charge in [0.2, 0.25) is 0 Å². The number of hydrogen-bond donors (Lipinski definition) is 0. The molecule has 168 valence electrons. The summed E-state index contributed by atoms with van der Waals surface area (Å²) in [6.45, 7) is 0. The molecule has 0 aliphatic carbocycles. The first-order chi connectivity index (χ1) is 17.2. The molecule has 2 aromatic heterocycles. The second kappa shape index (κ2) is 8.35. The van der Waals surface area contributed by atoms with Gasteiger partial charge in [0, 0.05) is 23.4 Å². The van der Waals surface area contributed by atoms with Gasteiger partial charge in [0.15, 0.2) is 11.3 Å². The zero-order valence-corrected chi connectivity index (χ0v) is 18.3. The van der Waals surface area contributed by atoms with E-state index in [1.54, 1.807) is 12.1 Å². The minimum absolute atomic E-state index is 0.0150. The third-order valence-electron chi connectivity index (χ3n) is 5.56. The lowest BCUT2D eigenvalue weighted by atomic mass is 10.2. The van der Waals surface area contributed by atoms with Crippen LogP contribution in [-0.4, -0.2) is 24.4 Å². The lowest BCUT2D eigenvalue weighted by Gasteiger charge is -2.11. The summed E-state index contributed by atoms with van der Waals surface area (Å²) in [7, 11) is 0. The van der Waals surface area contributed by atoms with Gasteiger partial charge in [0.1, 0.15) is 17.3 Å². The average Bonchev–Trinajstić information content (AvgIpc) is 3.27. The predicted octanol–water partition coefficient (Wildman–Crippen LogP) is 6.34. The number of imidazole rings is 1. The highest BCUT2D eigenvalue weighted by Gasteiger charge is 2.19. The maximum atomic E-state index is 11.4. The summed E-state index contributed by atoms with van der Waals surface area (Å²) in [6.07, 6.45) is 0. The molecule has 0 N–H and O–H groups in total. The number of nitro groups is 1. The lowest BCUT2D eigenvalue weighted by Crippen LogP contribution is -2.00. The van der Waals surface area contributed by atoms with Crippen LogP contribution in [0.2, 0.25) is 0 Å². The molecule has 0 fully saturated rings. The molecule has 0 saturated carbocycles. The van der Waals surface area contributed by atoms with Gasteiger partial charge in [-0.25, -0.2) is 15.0 Å². The molecular formula is C27H17N5O3. The molecule has 0 radical (unpaired) electrons. The van der Waals surface area contributed by atoms with Gasteiger partial charge in [-0.2, -0.15) is 0 Å². The number of nitro benzene ring substituents is 1. The van der Waals surface area contributed by atoms with Gasteiger partial charge in [-0.15, -0.1) is 0 Å².